The van der Waals surface area contributed by atoms with Crippen LogP contribution in [0.5, 0.6) is 5.88 Å². The lowest BCUT2D eigenvalue weighted by Gasteiger charge is -2.13. The van der Waals surface area contributed by atoms with Crippen LogP contribution in [0.15, 0.2) is 55.3 Å². The highest BCUT2D eigenvalue weighted by molar-refractivity contribution is 9.10. The Morgan fingerprint density at radius 1 is 1.45 bits per heavy atom. The molecule has 2 heterocycles. The third-order valence-electron chi connectivity index (χ3n) is 4.22. The van der Waals surface area contributed by atoms with Crippen molar-refractivity contribution in [2.45, 2.75) is 13.5 Å². The summed E-state index contributed by atoms with van der Waals surface area (Å²) in [4.78, 5) is 27.1. The highest BCUT2D eigenvalue weighted by Gasteiger charge is 2.19. The number of aliphatic imine (C=N–C) groups is 1. The van der Waals surface area contributed by atoms with E-state index in [0.717, 1.165) is 4.57 Å². The molecule has 146 valence electrons. The van der Waals surface area contributed by atoms with Gasteiger partial charge in [-0.05, 0) is 46.6 Å². The van der Waals surface area contributed by atoms with Crippen molar-refractivity contribution in [3.63, 3.8) is 0 Å². The molecule has 29 heavy (non-hydrogen) atoms. The van der Waals surface area contributed by atoms with Crippen LogP contribution in [0, 0.1) is 28.4 Å². The summed E-state index contributed by atoms with van der Waals surface area (Å²) in [6, 6.07) is 9.18. The first-order valence-corrected chi connectivity index (χ1v) is 8.99. The third-order valence-corrected chi connectivity index (χ3v) is 4.85. The largest absolute Gasteiger partial charge is 0.494 e. The van der Waals surface area contributed by atoms with Gasteiger partial charge in [-0.15, -0.1) is 0 Å². The smallest absolute Gasteiger partial charge is 0.271 e. The number of nitro benzene ring substituents is 1. The Labute approximate surface area is 172 Å². The molecule has 3 rings (SSSR count). The lowest BCUT2D eigenvalue weighted by molar-refractivity contribution is -0.384. The minimum Gasteiger partial charge on any atom is -0.494 e. The molecule has 9 nitrogen and oxygen atoms in total. The zero-order valence-corrected chi connectivity index (χ0v) is 16.6. The molecule has 1 N–H and O–H groups in total. The topological polar surface area (TPSA) is 135 Å². The number of hydrogen-bond donors (Lipinski definition) is 1. The Kier molecular flexibility index (Phi) is 5.61. The van der Waals surface area contributed by atoms with E-state index in [4.69, 9.17) is 4.42 Å². The molecule has 0 saturated heterocycles. The molecular formula is C19H13BrN4O5. The molecule has 2 aromatic heterocycles. The van der Waals surface area contributed by atoms with Crippen LogP contribution in [0.4, 0.5) is 11.4 Å². The zero-order chi connectivity index (χ0) is 21.1. The quantitative estimate of drug-likeness (QED) is 0.352. The number of nitrogens with zero attached hydrogens (tertiary/aromatic N) is 4. The Morgan fingerprint density at radius 2 is 2.21 bits per heavy atom. The monoisotopic (exact) mass is 456 g/mol. The highest BCUT2D eigenvalue weighted by Crippen LogP contribution is 2.30. The van der Waals surface area contributed by atoms with E-state index in [1.165, 1.54) is 37.6 Å². The van der Waals surface area contributed by atoms with Gasteiger partial charge in [-0.2, -0.15) is 5.26 Å². The minimum atomic E-state index is -0.646. The maximum atomic E-state index is 12.6. The van der Waals surface area contributed by atoms with Crippen molar-refractivity contribution >= 4 is 33.5 Å². The maximum Gasteiger partial charge on any atom is 0.271 e. The van der Waals surface area contributed by atoms with Crippen molar-refractivity contribution in [2.75, 3.05) is 0 Å². The van der Waals surface area contributed by atoms with Crippen LogP contribution in [0.25, 0.3) is 0 Å². The summed E-state index contributed by atoms with van der Waals surface area (Å²) in [5.41, 5.74) is -0.0538. The highest BCUT2D eigenvalue weighted by atomic mass is 79.9. The molecule has 0 aliphatic carbocycles. The van der Waals surface area contributed by atoms with Crippen molar-refractivity contribution in [1.29, 1.82) is 5.26 Å². The fourth-order valence-corrected chi connectivity index (χ4v) is 3.15. The molecule has 0 spiro atoms. The van der Waals surface area contributed by atoms with Gasteiger partial charge in [-0.3, -0.25) is 24.5 Å². The zero-order valence-electron chi connectivity index (χ0n) is 15.0. The minimum absolute atomic E-state index is 0.0608. The lowest BCUT2D eigenvalue weighted by atomic mass is 10.1. The molecule has 0 amide bonds. The van der Waals surface area contributed by atoms with Crippen LogP contribution in [0.1, 0.15) is 22.5 Å². The summed E-state index contributed by atoms with van der Waals surface area (Å²) < 4.78 is 6.62. The number of rotatable bonds is 5. The molecule has 0 saturated carbocycles. The van der Waals surface area contributed by atoms with Gasteiger partial charge in [0.2, 0.25) is 5.88 Å². The number of halogens is 1. The first kappa shape index (κ1) is 20.0. The third kappa shape index (κ3) is 3.95. The van der Waals surface area contributed by atoms with E-state index in [1.807, 2.05) is 6.07 Å². The van der Waals surface area contributed by atoms with Gasteiger partial charge < -0.3 is 9.52 Å². The number of benzene rings is 1. The van der Waals surface area contributed by atoms with Gasteiger partial charge in [0.25, 0.3) is 11.2 Å². The number of pyridine rings is 1. The fraction of sp³-hybridized carbons (Fsp3) is 0.105. The summed E-state index contributed by atoms with van der Waals surface area (Å²) in [6.45, 7) is 1.47. The summed E-state index contributed by atoms with van der Waals surface area (Å²) in [5, 5.41) is 30.9. The number of non-ortho nitro benzene ring substituents is 1. The van der Waals surface area contributed by atoms with E-state index < -0.39 is 10.5 Å². The summed E-state index contributed by atoms with van der Waals surface area (Å²) in [5.74, 6) is 0.0563. The number of nitriles is 1. The molecule has 0 bridgehead atoms. The van der Waals surface area contributed by atoms with Crippen LogP contribution in [-0.2, 0) is 6.54 Å². The van der Waals surface area contributed by atoms with E-state index in [2.05, 4.69) is 20.9 Å². The Morgan fingerprint density at radius 3 is 2.79 bits per heavy atom. The number of aromatic hydroxyl groups is 1. The average Bonchev–Trinajstić information content (AvgIpc) is 3.19. The number of hydrogen-bond acceptors (Lipinski definition) is 7. The van der Waals surface area contributed by atoms with Gasteiger partial charge in [-0.1, -0.05) is 0 Å². The van der Waals surface area contributed by atoms with Gasteiger partial charge >= 0.3 is 0 Å². The summed E-state index contributed by atoms with van der Waals surface area (Å²) in [6.07, 6.45) is 2.74. The first-order valence-electron chi connectivity index (χ1n) is 8.20. The van der Waals surface area contributed by atoms with Crippen LogP contribution < -0.4 is 5.56 Å². The van der Waals surface area contributed by atoms with Gasteiger partial charge in [0, 0.05) is 22.8 Å². The summed E-state index contributed by atoms with van der Waals surface area (Å²) >= 11 is 3.22. The van der Waals surface area contributed by atoms with Crippen LogP contribution in [0.2, 0.25) is 0 Å². The normalized spacial score (nSPS) is 10.9. The van der Waals surface area contributed by atoms with E-state index in [0.29, 0.717) is 15.9 Å². The molecule has 10 heteroatoms. The van der Waals surface area contributed by atoms with E-state index in [1.54, 1.807) is 12.1 Å². The van der Waals surface area contributed by atoms with Crippen LogP contribution in [-0.4, -0.2) is 20.8 Å². The summed E-state index contributed by atoms with van der Waals surface area (Å²) in [7, 11) is 0. The predicted molar refractivity (Wildman–Crippen MR) is 108 cm³/mol. The van der Waals surface area contributed by atoms with Crippen LogP contribution in [0.3, 0.4) is 0 Å². The molecule has 1 aromatic carbocycles. The maximum absolute atomic E-state index is 12.6. The molecule has 3 aromatic rings. The SMILES string of the molecule is Cc1c(C=Nc2ccc([N+](=O)[O-])cc2Br)c(O)n(Cc2ccco2)c(=O)c1C#N. The van der Waals surface area contributed by atoms with Gasteiger partial charge in [0.1, 0.15) is 17.4 Å². The lowest BCUT2D eigenvalue weighted by Crippen LogP contribution is -2.25. The van der Waals surface area contributed by atoms with E-state index in [9.17, 15) is 25.3 Å². The predicted octanol–water partition coefficient (Wildman–Crippen LogP) is 3.80. The second kappa shape index (κ2) is 8.12. The molecule has 0 aliphatic heterocycles. The van der Waals surface area contributed by atoms with E-state index in [-0.39, 0.29) is 34.8 Å². The van der Waals surface area contributed by atoms with E-state index >= 15 is 0 Å². The molecule has 0 atom stereocenters. The Balaban J connectivity index is 2.09. The molecule has 0 radical (unpaired) electrons. The van der Waals surface area contributed by atoms with Crippen molar-refractivity contribution < 1.29 is 14.4 Å². The second-order valence-corrected chi connectivity index (χ2v) is 6.83. The van der Waals surface area contributed by atoms with Crippen LogP contribution >= 0.6 is 15.9 Å². The molecular weight excluding hydrogens is 444 g/mol. The molecule has 0 fully saturated rings. The number of nitro groups is 1. The number of aromatic nitrogens is 1. The molecule has 0 aliphatic rings. The Hall–Kier alpha value is -3.71. The average molecular weight is 457 g/mol. The van der Waals surface area contributed by atoms with Gasteiger partial charge in [0.05, 0.1) is 29.0 Å². The Bertz CT molecular complexity index is 1220. The van der Waals surface area contributed by atoms with Gasteiger partial charge in [-0.25, -0.2) is 0 Å². The van der Waals surface area contributed by atoms with Gasteiger partial charge in [0.15, 0.2) is 0 Å². The standard InChI is InChI=1S/C19H13BrN4O5/c1-11-14(8-21)18(25)23(10-13-3-2-6-29-13)19(26)15(11)9-22-17-5-4-12(24(27)28)7-16(17)20/h2-7,9,26H,10H2,1H3. The number of furan rings is 1. The van der Waals surface area contributed by atoms with Crippen molar-refractivity contribution in [2.24, 2.45) is 4.99 Å². The second-order valence-electron chi connectivity index (χ2n) is 5.97. The first-order chi connectivity index (χ1) is 13.8. The van der Waals surface area contributed by atoms with Crippen molar-refractivity contribution in [3.05, 3.63) is 84.0 Å². The van der Waals surface area contributed by atoms with Crippen molar-refractivity contribution in [1.82, 2.24) is 4.57 Å². The molecule has 0 unspecified atom stereocenters. The fourth-order valence-electron chi connectivity index (χ4n) is 2.68. The van der Waals surface area contributed by atoms with Crippen molar-refractivity contribution in [3.8, 4) is 11.9 Å².